The minimum absolute atomic E-state index is 0.0546. The molecule has 2 aromatic rings. The van der Waals surface area contributed by atoms with Gasteiger partial charge in [-0.15, -0.1) is 16.9 Å². The van der Waals surface area contributed by atoms with Gasteiger partial charge < -0.3 is 4.42 Å². The SMILES string of the molecule is CC(C)Sc1ccc(Cc2nnc(NC(=O)CN3C(=O)CCC3=O)o2)cc1. The molecule has 8 nitrogen and oxygen atoms in total. The summed E-state index contributed by atoms with van der Waals surface area (Å²) < 4.78 is 5.42. The summed E-state index contributed by atoms with van der Waals surface area (Å²) in [6.45, 7) is 3.94. The number of hydrogen-bond donors (Lipinski definition) is 1. The Balaban J connectivity index is 1.54. The second kappa shape index (κ2) is 8.34. The van der Waals surface area contributed by atoms with Crippen LogP contribution in [0.3, 0.4) is 0 Å². The highest BCUT2D eigenvalue weighted by atomic mass is 32.2. The van der Waals surface area contributed by atoms with Crippen molar-refractivity contribution in [3.8, 4) is 0 Å². The lowest BCUT2D eigenvalue weighted by atomic mass is 10.1. The third-order valence-electron chi connectivity index (χ3n) is 3.82. The van der Waals surface area contributed by atoms with Gasteiger partial charge in [0.2, 0.25) is 23.6 Å². The van der Waals surface area contributed by atoms with Crippen LogP contribution >= 0.6 is 11.8 Å². The van der Waals surface area contributed by atoms with Gasteiger partial charge in [0.15, 0.2) is 0 Å². The fourth-order valence-corrected chi connectivity index (χ4v) is 3.45. The van der Waals surface area contributed by atoms with Gasteiger partial charge in [-0.1, -0.05) is 31.1 Å². The van der Waals surface area contributed by atoms with E-state index in [9.17, 15) is 14.4 Å². The molecule has 0 spiro atoms. The predicted molar refractivity (Wildman–Crippen MR) is 99.1 cm³/mol. The van der Waals surface area contributed by atoms with Crippen LogP contribution in [0.2, 0.25) is 0 Å². The lowest BCUT2D eigenvalue weighted by Gasteiger charge is -2.11. The summed E-state index contributed by atoms with van der Waals surface area (Å²) in [6.07, 6.45) is 0.731. The number of amides is 3. The molecular formula is C18H20N4O4S. The van der Waals surface area contributed by atoms with Crippen molar-refractivity contribution in [2.45, 2.75) is 43.3 Å². The normalized spacial score (nSPS) is 14.3. The molecule has 1 aromatic heterocycles. The molecule has 1 saturated heterocycles. The summed E-state index contributed by atoms with van der Waals surface area (Å²) in [4.78, 5) is 37.2. The van der Waals surface area contributed by atoms with E-state index in [1.54, 1.807) is 11.8 Å². The van der Waals surface area contributed by atoms with Crippen LogP contribution in [0.5, 0.6) is 0 Å². The molecule has 0 bridgehead atoms. The van der Waals surface area contributed by atoms with Crippen molar-refractivity contribution >= 4 is 35.5 Å². The Morgan fingerprint density at radius 2 is 1.85 bits per heavy atom. The van der Waals surface area contributed by atoms with Crippen molar-refractivity contribution in [2.75, 3.05) is 11.9 Å². The Morgan fingerprint density at radius 3 is 2.48 bits per heavy atom. The summed E-state index contributed by atoms with van der Waals surface area (Å²) in [5.74, 6) is -0.882. The molecule has 1 N–H and O–H groups in total. The van der Waals surface area contributed by atoms with Gasteiger partial charge in [0.25, 0.3) is 0 Å². The topological polar surface area (TPSA) is 105 Å². The van der Waals surface area contributed by atoms with Crippen molar-refractivity contribution < 1.29 is 18.8 Å². The fourth-order valence-electron chi connectivity index (χ4n) is 2.61. The first-order valence-corrected chi connectivity index (χ1v) is 9.49. The lowest BCUT2D eigenvalue weighted by molar-refractivity contribution is -0.141. The summed E-state index contributed by atoms with van der Waals surface area (Å²) in [5, 5.41) is 10.6. The fraction of sp³-hybridized carbons (Fsp3) is 0.389. The first-order chi connectivity index (χ1) is 12.9. The molecule has 0 aliphatic carbocycles. The van der Waals surface area contributed by atoms with Crippen molar-refractivity contribution in [1.82, 2.24) is 15.1 Å². The van der Waals surface area contributed by atoms with Gasteiger partial charge in [0, 0.05) is 23.0 Å². The van der Waals surface area contributed by atoms with E-state index in [4.69, 9.17) is 4.42 Å². The van der Waals surface area contributed by atoms with Crippen LogP contribution in [0, 0.1) is 0 Å². The molecule has 1 aliphatic heterocycles. The molecular weight excluding hydrogens is 368 g/mol. The van der Waals surface area contributed by atoms with Crippen molar-refractivity contribution in [3.05, 3.63) is 35.7 Å². The third kappa shape index (κ3) is 5.16. The molecule has 142 valence electrons. The van der Waals surface area contributed by atoms with Crippen molar-refractivity contribution in [2.24, 2.45) is 0 Å². The highest BCUT2D eigenvalue weighted by Crippen LogP contribution is 2.23. The Bertz CT molecular complexity index is 831. The van der Waals surface area contributed by atoms with Gasteiger partial charge in [-0.25, -0.2) is 0 Å². The maximum Gasteiger partial charge on any atom is 0.322 e. The summed E-state index contributed by atoms with van der Waals surface area (Å²) in [7, 11) is 0. The number of rotatable bonds is 7. The zero-order valence-corrected chi connectivity index (χ0v) is 15.9. The summed E-state index contributed by atoms with van der Waals surface area (Å²) >= 11 is 1.79. The number of nitrogens with one attached hydrogen (secondary N) is 1. The van der Waals surface area contributed by atoms with Gasteiger partial charge >= 0.3 is 6.01 Å². The monoisotopic (exact) mass is 388 g/mol. The molecule has 0 radical (unpaired) electrons. The maximum atomic E-state index is 12.0. The Kier molecular flexibility index (Phi) is 5.90. The smallest absolute Gasteiger partial charge is 0.322 e. The van der Waals surface area contributed by atoms with E-state index in [0.717, 1.165) is 10.5 Å². The number of anilines is 1. The van der Waals surface area contributed by atoms with Crippen LogP contribution in [-0.2, 0) is 20.8 Å². The average Bonchev–Trinajstić information content (AvgIpc) is 3.17. The van der Waals surface area contributed by atoms with Gasteiger partial charge in [-0.3, -0.25) is 24.6 Å². The quantitative estimate of drug-likeness (QED) is 0.573. The van der Waals surface area contributed by atoms with Crippen LogP contribution in [-0.4, -0.2) is 44.6 Å². The van der Waals surface area contributed by atoms with Crippen molar-refractivity contribution in [3.63, 3.8) is 0 Å². The van der Waals surface area contributed by atoms with E-state index in [-0.39, 0.29) is 37.2 Å². The molecule has 27 heavy (non-hydrogen) atoms. The molecule has 0 atom stereocenters. The summed E-state index contributed by atoms with van der Waals surface area (Å²) in [6, 6.07) is 8.03. The van der Waals surface area contributed by atoms with E-state index in [1.807, 2.05) is 24.3 Å². The number of carbonyl (C=O) groups is 3. The number of aromatic nitrogens is 2. The molecule has 9 heteroatoms. The van der Waals surface area contributed by atoms with Gasteiger partial charge in [0.1, 0.15) is 6.54 Å². The largest absolute Gasteiger partial charge is 0.407 e. The van der Waals surface area contributed by atoms with Crippen LogP contribution in [0.4, 0.5) is 6.01 Å². The second-order valence-electron chi connectivity index (χ2n) is 6.41. The highest BCUT2D eigenvalue weighted by molar-refractivity contribution is 7.99. The van der Waals surface area contributed by atoms with E-state index >= 15 is 0 Å². The second-order valence-corrected chi connectivity index (χ2v) is 8.06. The number of nitrogens with zero attached hydrogens (tertiary/aromatic N) is 3. The van der Waals surface area contributed by atoms with E-state index in [1.165, 1.54) is 4.90 Å². The standard InChI is InChI=1S/C18H20N4O4S/c1-11(2)27-13-5-3-12(4-6-13)9-15-20-21-18(26-15)19-14(23)10-22-16(24)7-8-17(22)25/h3-6,11H,7-10H2,1-2H3,(H,19,21,23). The molecule has 1 aliphatic rings. The van der Waals surface area contributed by atoms with Crippen LogP contribution < -0.4 is 5.32 Å². The zero-order chi connectivity index (χ0) is 19.4. The molecule has 0 unspecified atom stereocenters. The highest BCUT2D eigenvalue weighted by Gasteiger charge is 2.30. The third-order valence-corrected chi connectivity index (χ3v) is 4.84. The molecule has 1 aromatic carbocycles. The van der Waals surface area contributed by atoms with E-state index < -0.39 is 5.91 Å². The average molecular weight is 388 g/mol. The number of thioether (sulfide) groups is 1. The maximum absolute atomic E-state index is 12.0. The van der Waals surface area contributed by atoms with E-state index in [2.05, 4.69) is 29.4 Å². The van der Waals surface area contributed by atoms with Crippen LogP contribution in [0.1, 0.15) is 38.1 Å². The lowest BCUT2D eigenvalue weighted by Crippen LogP contribution is -2.36. The van der Waals surface area contributed by atoms with E-state index in [0.29, 0.717) is 17.6 Å². The summed E-state index contributed by atoms with van der Waals surface area (Å²) in [5.41, 5.74) is 1.01. The number of likely N-dealkylation sites (tertiary alicyclic amines) is 1. The minimum atomic E-state index is -0.552. The number of benzene rings is 1. The number of hydrogen-bond acceptors (Lipinski definition) is 7. The first kappa shape index (κ1) is 19.1. The Morgan fingerprint density at radius 1 is 1.19 bits per heavy atom. The van der Waals surface area contributed by atoms with Crippen molar-refractivity contribution in [1.29, 1.82) is 0 Å². The molecule has 1 fully saturated rings. The first-order valence-electron chi connectivity index (χ1n) is 8.61. The zero-order valence-electron chi connectivity index (χ0n) is 15.1. The number of carbonyl (C=O) groups excluding carboxylic acids is 3. The van der Waals surface area contributed by atoms with Gasteiger partial charge in [-0.2, -0.15) is 0 Å². The minimum Gasteiger partial charge on any atom is -0.407 e. The Labute approximate surface area is 160 Å². The predicted octanol–water partition coefficient (Wildman–Crippen LogP) is 2.25. The molecule has 3 rings (SSSR count). The Hall–Kier alpha value is -2.68. The molecule has 3 amide bonds. The molecule has 2 heterocycles. The van der Waals surface area contributed by atoms with Gasteiger partial charge in [0.05, 0.1) is 6.42 Å². The van der Waals surface area contributed by atoms with Crippen LogP contribution in [0.15, 0.2) is 33.6 Å². The van der Waals surface area contributed by atoms with Crippen LogP contribution in [0.25, 0.3) is 0 Å². The molecule has 0 saturated carbocycles. The van der Waals surface area contributed by atoms with Gasteiger partial charge in [-0.05, 0) is 17.7 Å². The number of imide groups is 1.